The number of hydrogen-bond donors (Lipinski definition) is 1. The summed E-state index contributed by atoms with van der Waals surface area (Å²) in [6.45, 7) is 4.97. The van der Waals surface area contributed by atoms with Gasteiger partial charge in [-0.15, -0.1) is 0 Å². The summed E-state index contributed by atoms with van der Waals surface area (Å²) < 4.78 is 0. The van der Waals surface area contributed by atoms with E-state index in [1.54, 1.807) is 25.4 Å². The first-order valence-electron chi connectivity index (χ1n) is 3.23. The molecule has 0 aliphatic rings. The molecule has 0 fully saturated rings. The van der Waals surface area contributed by atoms with Gasteiger partial charge in [0.05, 0.1) is 0 Å². The normalized spacial score (nSPS) is 11.6. The molecule has 0 aliphatic carbocycles. The maximum atomic E-state index is 10.5. The van der Waals surface area contributed by atoms with Crippen LogP contribution in [0.4, 0.5) is 0 Å². The van der Waals surface area contributed by atoms with Crippen LogP contribution in [0, 0.1) is 0 Å². The average molecular weight is 152 g/mol. The van der Waals surface area contributed by atoms with Crippen LogP contribution in [0.3, 0.4) is 0 Å². The van der Waals surface area contributed by atoms with E-state index in [2.05, 4.69) is 16.9 Å². The molecular formula is C8H12N2O. The Morgan fingerprint density at radius 3 is 2.64 bits per heavy atom. The van der Waals surface area contributed by atoms with Crippen LogP contribution in [0.5, 0.6) is 0 Å². The van der Waals surface area contributed by atoms with Crippen LogP contribution in [0.2, 0.25) is 0 Å². The van der Waals surface area contributed by atoms with Crippen molar-refractivity contribution in [2.24, 2.45) is 4.99 Å². The zero-order valence-corrected chi connectivity index (χ0v) is 6.79. The molecule has 0 aliphatic heterocycles. The summed E-state index contributed by atoms with van der Waals surface area (Å²) in [6.07, 6.45) is 4.82. The maximum absolute atomic E-state index is 10.5. The molecule has 3 heteroatoms. The van der Waals surface area contributed by atoms with Gasteiger partial charge in [0, 0.05) is 25.9 Å². The number of amides is 1. The molecular weight excluding hydrogens is 140 g/mol. The Kier molecular flexibility index (Phi) is 4.73. The van der Waals surface area contributed by atoms with Crippen LogP contribution in [-0.2, 0) is 4.79 Å². The highest BCUT2D eigenvalue weighted by Crippen LogP contribution is 1.87. The summed E-state index contributed by atoms with van der Waals surface area (Å²) in [7, 11) is 1.66. The van der Waals surface area contributed by atoms with Crippen molar-refractivity contribution in [1.82, 2.24) is 5.32 Å². The molecule has 1 amide bonds. The lowest BCUT2D eigenvalue weighted by atomic mass is 10.4. The zero-order valence-electron chi connectivity index (χ0n) is 6.79. The third-order valence-corrected chi connectivity index (χ3v) is 0.943. The van der Waals surface area contributed by atoms with Gasteiger partial charge >= 0.3 is 0 Å². The minimum absolute atomic E-state index is 0.111. The van der Waals surface area contributed by atoms with Gasteiger partial charge < -0.3 is 5.32 Å². The highest BCUT2D eigenvalue weighted by atomic mass is 16.1. The van der Waals surface area contributed by atoms with Gasteiger partial charge in [-0.25, -0.2) is 0 Å². The third-order valence-electron chi connectivity index (χ3n) is 0.943. The lowest BCUT2D eigenvalue weighted by Crippen LogP contribution is -2.17. The molecule has 0 rings (SSSR count). The van der Waals surface area contributed by atoms with Crippen LogP contribution in [0.1, 0.15) is 6.92 Å². The molecule has 0 heterocycles. The van der Waals surface area contributed by atoms with E-state index in [0.717, 1.165) is 0 Å². The smallest absolute Gasteiger partial charge is 0.221 e. The number of hydrogen-bond acceptors (Lipinski definition) is 2. The number of allylic oxidation sites excluding steroid dienone is 2. The van der Waals surface area contributed by atoms with Crippen LogP contribution in [-0.4, -0.2) is 19.2 Å². The van der Waals surface area contributed by atoms with E-state index in [1.165, 1.54) is 6.92 Å². The van der Waals surface area contributed by atoms with Gasteiger partial charge in [0.15, 0.2) is 0 Å². The number of rotatable bonds is 3. The van der Waals surface area contributed by atoms with Crippen molar-refractivity contribution in [3.8, 4) is 0 Å². The Morgan fingerprint density at radius 1 is 1.64 bits per heavy atom. The van der Waals surface area contributed by atoms with Crippen LogP contribution in [0.15, 0.2) is 29.4 Å². The van der Waals surface area contributed by atoms with Gasteiger partial charge in [-0.1, -0.05) is 6.58 Å². The predicted octanol–water partition coefficient (Wildman–Crippen LogP) is 0.893. The van der Waals surface area contributed by atoms with Gasteiger partial charge in [-0.05, 0) is 12.2 Å². The molecule has 0 saturated heterocycles. The van der Waals surface area contributed by atoms with E-state index in [9.17, 15) is 4.79 Å². The summed E-state index contributed by atoms with van der Waals surface area (Å²) in [6, 6.07) is 0. The number of nitrogens with zero attached hydrogens (tertiary/aromatic N) is 1. The number of carbonyl (C=O) groups excluding carboxylic acids is 1. The molecule has 0 aromatic carbocycles. The van der Waals surface area contributed by atoms with E-state index in [4.69, 9.17) is 0 Å². The molecule has 0 atom stereocenters. The summed E-state index contributed by atoms with van der Waals surface area (Å²) in [5, 5.41) is 2.58. The Balaban J connectivity index is 4.15. The fourth-order valence-electron chi connectivity index (χ4n) is 0.519. The molecule has 60 valence electrons. The molecule has 0 spiro atoms. The Labute approximate surface area is 66.5 Å². The van der Waals surface area contributed by atoms with Crippen molar-refractivity contribution in [3.05, 3.63) is 24.4 Å². The van der Waals surface area contributed by atoms with Crippen molar-refractivity contribution in [3.63, 3.8) is 0 Å². The Bertz CT molecular complexity index is 204. The topological polar surface area (TPSA) is 41.5 Å². The van der Waals surface area contributed by atoms with E-state index in [1.807, 2.05) is 0 Å². The zero-order chi connectivity index (χ0) is 8.69. The highest BCUT2D eigenvalue weighted by molar-refractivity contribution is 5.79. The molecule has 0 aromatic rings. The lowest BCUT2D eigenvalue weighted by molar-refractivity contribution is -0.118. The standard InChI is InChI=1S/C8H12N2O/c1-4-8(5-6-9-3)10-7(2)11/h4-6H,1H2,2-3H3,(H,10,11)/b8-5+,9-6?. The number of carbonyl (C=O) groups is 1. The summed E-state index contributed by atoms with van der Waals surface area (Å²) >= 11 is 0. The molecule has 0 unspecified atom stereocenters. The SMILES string of the molecule is C=C/C(=C\C=NC)NC(C)=O. The van der Waals surface area contributed by atoms with Gasteiger partial charge in [0.25, 0.3) is 0 Å². The molecule has 0 bridgehead atoms. The third kappa shape index (κ3) is 5.08. The second kappa shape index (κ2) is 5.41. The predicted molar refractivity (Wildman–Crippen MR) is 46.5 cm³/mol. The minimum Gasteiger partial charge on any atom is -0.326 e. The molecule has 0 aromatic heterocycles. The first-order chi connectivity index (χ1) is 5.20. The largest absolute Gasteiger partial charge is 0.326 e. The van der Waals surface area contributed by atoms with Crippen LogP contribution < -0.4 is 5.32 Å². The van der Waals surface area contributed by atoms with E-state index in [0.29, 0.717) is 5.70 Å². The fraction of sp³-hybridized carbons (Fsp3) is 0.250. The molecule has 0 radical (unpaired) electrons. The first kappa shape index (κ1) is 9.62. The lowest BCUT2D eigenvalue weighted by Gasteiger charge is -1.98. The maximum Gasteiger partial charge on any atom is 0.221 e. The second-order valence-electron chi connectivity index (χ2n) is 1.91. The van der Waals surface area contributed by atoms with Gasteiger partial charge in [-0.2, -0.15) is 0 Å². The minimum atomic E-state index is -0.111. The summed E-state index contributed by atoms with van der Waals surface area (Å²) in [5.41, 5.74) is 0.656. The van der Waals surface area contributed by atoms with Crippen molar-refractivity contribution in [2.75, 3.05) is 7.05 Å². The van der Waals surface area contributed by atoms with Crippen molar-refractivity contribution >= 4 is 12.1 Å². The van der Waals surface area contributed by atoms with Gasteiger partial charge in [0.1, 0.15) is 0 Å². The first-order valence-corrected chi connectivity index (χ1v) is 3.23. The Hall–Kier alpha value is -1.38. The van der Waals surface area contributed by atoms with Crippen molar-refractivity contribution in [1.29, 1.82) is 0 Å². The highest BCUT2D eigenvalue weighted by Gasteiger charge is 1.90. The molecule has 0 saturated carbocycles. The fourth-order valence-corrected chi connectivity index (χ4v) is 0.519. The van der Waals surface area contributed by atoms with Gasteiger partial charge in [0.2, 0.25) is 5.91 Å². The monoisotopic (exact) mass is 152 g/mol. The number of aliphatic imine (C=N–C) groups is 1. The van der Waals surface area contributed by atoms with E-state index in [-0.39, 0.29) is 5.91 Å². The summed E-state index contributed by atoms with van der Waals surface area (Å²) in [5.74, 6) is -0.111. The van der Waals surface area contributed by atoms with Crippen molar-refractivity contribution in [2.45, 2.75) is 6.92 Å². The van der Waals surface area contributed by atoms with Gasteiger partial charge in [-0.3, -0.25) is 9.79 Å². The molecule has 3 nitrogen and oxygen atoms in total. The van der Waals surface area contributed by atoms with E-state index >= 15 is 0 Å². The second-order valence-corrected chi connectivity index (χ2v) is 1.91. The van der Waals surface area contributed by atoms with Crippen LogP contribution in [0.25, 0.3) is 0 Å². The molecule has 11 heavy (non-hydrogen) atoms. The summed E-state index contributed by atoms with van der Waals surface area (Å²) in [4.78, 5) is 14.3. The average Bonchev–Trinajstić information content (AvgIpc) is 1.97. The quantitative estimate of drug-likeness (QED) is 0.473. The number of nitrogens with one attached hydrogen (secondary N) is 1. The van der Waals surface area contributed by atoms with Crippen LogP contribution >= 0.6 is 0 Å². The Morgan fingerprint density at radius 2 is 2.27 bits per heavy atom. The van der Waals surface area contributed by atoms with E-state index < -0.39 is 0 Å². The van der Waals surface area contributed by atoms with Crippen molar-refractivity contribution < 1.29 is 4.79 Å². The molecule has 1 N–H and O–H groups in total.